The number of anilines is 1. The Kier molecular flexibility index (Phi) is 6.83. The van der Waals surface area contributed by atoms with Crippen LogP contribution in [0.4, 0.5) is 14.7 Å². The van der Waals surface area contributed by atoms with E-state index in [1.165, 1.54) is 37.5 Å². The molecule has 1 aliphatic carbocycles. The zero-order valence-electron chi connectivity index (χ0n) is 20.1. The first-order chi connectivity index (χ1) is 17.6. The van der Waals surface area contributed by atoms with Gasteiger partial charge in [0.25, 0.3) is 0 Å². The van der Waals surface area contributed by atoms with Crippen molar-refractivity contribution in [2.24, 2.45) is 0 Å². The summed E-state index contributed by atoms with van der Waals surface area (Å²) in [6.45, 7) is 2.78. The fourth-order valence-electron chi connectivity index (χ4n) is 3.72. The molecule has 0 spiro atoms. The molecule has 0 aliphatic heterocycles. The van der Waals surface area contributed by atoms with Gasteiger partial charge in [-0.3, -0.25) is 9.55 Å². The number of nitrogens with one attached hydrogen (secondary N) is 3. The van der Waals surface area contributed by atoms with Crippen LogP contribution in [0.1, 0.15) is 16.7 Å². The van der Waals surface area contributed by atoms with Gasteiger partial charge in [0.15, 0.2) is 0 Å². The molecule has 0 saturated heterocycles. The molecule has 1 aliphatic rings. The Morgan fingerprint density at radius 2 is 1.86 bits per heavy atom. The summed E-state index contributed by atoms with van der Waals surface area (Å²) >= 11 is 0. The van der Waals surface area contributed by atoms with Gasteiger partial charge in [0.2, 0.25) is 5.95 Å². The standard InChI is InChI=1S/C25H23F2N7O3/c1-13-4-17(11-30-9-13)34-24(36)32-23(31-21-6-15(10-29-3)20(28)8-22(21)35)33(25(34)37)12-16-5-14(2)18(26)7-19(16)27/h4-11,28-29,35H,12H2,1-3H3,(H,31,32,36)/b15-10-,28-20?. The zero-order valence-corrected chi connectivity index (χ0v) is 20.1. The maximum atomic E-state index is 14.7. The lowest BCUT2D eigenvalue weighted by Gasteiger charge is -2.19. The van der Waals surface area contributed by atoms with E-state index in [0.29, 0.717) is 11.1 Å². The molecule has 0 saturated carbocycles. The number of aryl methyl sites for hydroxylation is 2. The molecule has 3 aromatic rings. The second-order valence-corrected chi connectivity index (χ2v) is 8.35. The van der Waals surface area contributed by atoms with Gasteiger partial charge in [-0.1, -0.05) is 0 Å². The molecular weight excluding hydrogens is 484 g/mol. The summed E-state index contributed by atoms with van der Waals surface area (Å²) in [5.41, 5.74) is -0.349. The van der Waals surface area contributed by atoms with Gasteiger partial charge in [-0.25, -0.2) is 22.9 Å². The second kappa shape index (κ2) is 10.0. The van der Waals surface area contributed by atoms with Crippen molar-refractivity contribution in [3.05, 3.63) is 115 Å². The number of aliphatic hydroxyl groups excluding tert-OH is 1. The third kappa shape index (κ3) is 5.08. The molecule has 1 aromatic carbocycles. The van der Waals surface area contributed by atoms with E-state index in [1.807, 2.05) is 0 Å². The minimum atomic E-state index is -0.939. The highest BCUT2D eigenvalue weighted by atomic mass is 19.1. The molecule has 0 radical (unpaired) electrons. The lowest BCUT2D eigenvalue weighted by Crippen LogP contribution is -2.42. The molecule has 0 bridgehead atoms. The zero-order chi connectivity index (χ0) is 26.9. The number of benzene rings is 1. The average molecular weight is 508 g/mol. The molecule has 4 rings (SSSR count). The number of hydrogen-bond donors (Lipinski definition) is 4. The number of halogens is 2. The minimum Gasteiger partial charge on any atom is -0.506 e. The highest BCUT2D eigenvalue weighted by molar-refractivity contribution is 6.10. The predicted molar refractivity (Wildman–Crippen MR) is 134 cm³/mol. The lowest BCUT2D eigenvalue weighted by atomic mass is 10.0. The van der Waals surface area contributed by atoms with E-state index in [0.717, 1.165) is 15.2 Å². The van der Waals surface area contributed by atoms with Crippen LogP contribution >= 0.6 is 0 Å². The second-order valence-electron chi connectivity index (χ2n) is 8.35. The van der Waals surface area contributed by atoms with Crippen LogP contribution in [0.15, 0.2) is 75.6 Å². The van der Waals surface area contributed by atoms with Gasteiger partial charge in [0, 0.05) is 42.7 Å². The van der Waals surface area contributed by atoms with Crippen LogP contribution < -0.4 is 22.0 Å². The van der Waals surface area contributed by atoms with Gasteiger partial charge >= 0.3 is 11.4 Å². The third-order valence-corrected chi connectivity index (χ3v) is 5.56. The summed E-state index contributed by atoms with van der Waals surface area (Å²) in [6, 6.07) is 3.54. The fraction of sp³-hybridized carbons (Fsp3) is 0.160. The SMILES string of the molecule is CN/C=C1/C=C(Nc2nc(=O)n(-c3cncc(C)c3)c(=O)n2Cc2cc(C)c(F)cc2F)C(O)=CC1=N. The van der Waals surface area contributed by atoms with E-state index in [-0.39, 0.29) is 39.9 Å². The summed E-state index contributed by atoms with van der Waals surface area (Å²) in [6.07, 6.45) is 6.98. The molecule has 12 heteroatoms. The fourth-order valence-corrected chi connectivity index (χ4v) is 3.72. The van der Waals surface area contributed by atoms with E-state index < -0.39 is 29.6 Å². The Balaban J connectivity index is 1.91. The first-order valence-corrected chi connectivity index (χ1v) is 11.1. The number of hydrogen-bond acceptors (Lipinski definition) is 8. The number of pyridine rings is 1. The summed E-state index contributed by atoms with van der Waals surface area (Å²) in [5, 5.41) is 23.9. The van der Waals surface area contributed by atoms with Gasteiger partial charge in [0.1, 0.15) is 17.4 Å². The summed E-state index contributed by atoms with van der Waals surface area (Å²) in [4.78, 5) is 34.6. The van der Waals surface area contributed by atoms with E-state index in [2.05, 4.69) is 20.6 Å². The van der Waals surface area contributed by atoms with Crippen LogP contribution in [0.3, 0.4) is 0 Å². The van der Waals surface area contributed by atoms with Crippen LogP contribution in [0.2, 0.25) is 0 Å². The van der Waals surface area contributed by atoms with Crippen LogP contribution in [-0.2, 0) is 6.54 Å². The van der Waals surface area contributed by atoms with E-state index >= 15 is 0 Å². The Hall–Kier alpha value is -4.87. The minimum absolute atomic E-state index is 0.0200. The monoisotopic (exact) mass is 507 g/mol. The van der Waals surface area contributed by atoms with Crippen LogP contribution in [-0.4, -0.2) is 37.0 Å². The summed E-state index contributed by atoms with van der Waals surface area (Å²) in [7, 11) is 1.64. The quantitative estimate of drug-likeness (QED) is 0.402. The van der Waals surface area contributed by atoms with Gasteiger partial charge in [-0.05, 0) is 43.2 Å². The largest absolute Gasteiger partial charge is 0.506 e. The summed E-state index contributed by atoms with van der Waals surface area (Å²) < 4.78 is 30.3. The Morgan fingerprint density at radius 3 is 2.57 bits per heavy atom. The van der Waals surface area contributed by atoms with Crippen molar-refractivity contribution in [3.8, 4) is 5.69 Å². The number of allylic oxidation sites excluding steroid dienone is 3. The smallest absolute Gasteiger partial charge is 0.359 e. The molecule has 0 fully saturated rings. The summed E-state index contributed by atoms with van der Waals surface area (Å²) in [5.74, 6) is -2.26. The first kappa shape index (κ1) is 25.2. The van der Waals surface area contributed by atoms with Crippen LogP contribution in [0, 0.1) is 30.9 Å². The van der Waals surface area contributed by atoms with Crippen molar-refractivity contribution in [3.63, 3.8) is 0 Å². The lowest BCUT2D eigenvalue weighted by molar-refractivity contribution is 0.424. The van der Waals surface area contributed by atoms with Crippen molar-refractivity contribution in [1.82, 2.24) is 24.4 Å². The van der Waals surface area contributed by atoms with E-state index in [4.69, 9.17) is 5.41 Å². The molecule has 4 N–H and O–H groups in total. The maximum Gasteiger partial charge on any atom is 0.359 e. The van der Waals surface area contributed by atoms with Crippen molar-refractivity contribution in [2.75, 3.05) is 12.4 Å². The van der Waals surface area contributed by atoms with Crippen LogP contribution in [0.25, 0.3) is 5.69 Å². The van der Waals surface area contributed by atoms with Crippen molar-refractivity contribution >= 4 is 11.7 Å². The van der Waals surface area contributed by atoms with Crippen molar-refractivity contribution in [2.45, 2.75) is 20.4 Å². The number of nitrogens with zero attached hydrogens (tertiary/aromatic N) is 4. The van der Waals surface area contributed by atoms with Gasteiger partial charge in [-0.15, -0.1) is 0 Å². The number of aliphatic hydroxyl groups is 1. The number of rotatable bonds is 6. The molecule has 10 nitrogen and oxygen atoms in total. The number of aromatic nitrogens is 4. The van der Waals surface area contributed by atoms with E-state index in [1.54, 1.807) is 26.2 Å². The molecule has 190 valence electrons. The van der Waals surface area contributed by atoms with E-state index in [9.17, 15) is 23.5 Å². The Bertz CT molecular complexity index is 1630. The highest BCUT2D eigenvalue weighted by Gasteiger charge is 2.21. The molecule has 0 atom stereocenters. The van der Waals surface area contributed by atoms with Crippen molar-refractivity contribution < 1.29 is 13.9 Å². The maximum absolute atomic E-state index is 14.7. The third-order valence-electron chi connectivity index (χ3n) is 5.56. The average Bonchev–Trinajstić information content (AvgIpc) is 2.82. The Morgan fingerprint density at radius 1 is 1.11 bits per heavy atom. The van der Waals surface area contributed by atoms with Crippen LogP contribution in [0.5, 0.6) is 0 Å². The molecule has 0 unspecified atom stereocenters. The normalized spacial score (nSPS) is 14.4. The van der Waals surface area contributed by atoms with Gasteiger partial charge in [0.05, 0.1) is 29.8 Å². The molecule has 2 aromatic heterocycles. The molecular formula is C25H23F2N7O3. The first-order valence-electron chi connectivity index (χ1n) is 11.1. The highest BCUT2D eigenvalue weighted by Crippen LogP contribution is 2.21. The molecule has 2 heterocycles. The topological polar surface area (TPSA) is 138 Å². The van der Waals surface area contributed by atoms with Crippen molar-refractivity contribution in [1.29, 1.82) is 5.41 Å². The van der Waals surface area contributed by atoms with Gasteiger partial charge in [-0.2, -0.15) is 4.98 Å². The molecule has 37 heavy (non-hydrogen) atoms. The predicted octanol–water partition coefficient (Wildman–Crippen LogP) is 2.61. The molecule has 0 amide bonds. The van der Waals surface area contributed by atoms with Gasteiger partial charge < -0.3 is 21.1 Å². The Labute approximate surface area is 209 Å².